The summed E-state index contributed by atoms with van der Waals surface area (Å²) >= 11 is 10.7. The van der Waals surface area contributed by atoms with Crippen LogP contribution in [0.25, 0.3) is 5.70 Å². The van der Waals surface area contributed by atoms with Crippen molar-refractivity contribution in [1.82, 2.24) is 10.9 Å². The van der Waals surface area contributed by atoms with Crippen molar-refractivity contribution >= 4 is 40.3 Å². The summed E-state index contributed by atoms with van der Waals surface area (Å²) in [4.78, 5) is 0. The van der Waals surface area contributed by atoms with Gasteiger partial charge in [0.25, 0.3) is 0 Å². The van der Waals surface area contributed by atoms with Crippen molar-refractivity contribution in [2.75, 3.05) is 5.32 Å². The molecular weight excluding hydrogens is 397 g/mol. The van der Waals surface area contributed by atoms with Crippen molar-refractivity contribution in [2.24, 2.45) is 0 Å². The molecular formula is C16H11ClF5N3S. The summed E-state index contributed by atoms with van der Waals surface area (Å²) in [7, 11) is 0. The van der Waals surface area contributed by atoms with E-state index < -0.39 is 28.9 Å². The molecule has 0 aromatic heterocycles. The van der Waals surface area contributed by atoms with Gasteiger partial charge < -0.3 is 5.32 Å². The Morgan fingerprint density at radius 1 is 1.04 bits per heavy atom. The lowest BCUT2D eigenvalue weighted by Gasteiger charge is -2.16. The minimum absolute atomic E-state index is 0.00104. The molecule has 0 saturated heterocycles. The second-order valence-electron chi connectivity index (χ2n) is 4.97. The first-order valence-corrected chi connectivity index (χ1v) is 7.71. The molecule has 0 bridgehead atoms. The number of hydrogen-bond acceptors (Lipinski definition) is 2. The Morgan fingerprint density at radius 2 is 1.65 bits per heavy atom. The van der Waals surface area contributed by atoms with Crippen LogP contribution in [0, 0.1) is 11.6 Å². The lowest BCUT2D eigenvalue weighted by atomic mass is 10.1. The number of alkyl halides is 3. The van der Waals surface area contributed by atoms with Crippen LogP contribution in [0.4, 0.5) is 27.6 Å². The Bertz CT molecular complexity index is 834. The molecule has 0 aliphatic rings. The maximum Gasteiger partial charge on any atom is 0.416 e. The van der Waals surface area contributed by atoms with Crippen LogP contribution < -0.4 is 16.2 Å². The molecule has 0 heterocycles. The highest BCUT2D eigenvalue weighted by atomic mass is 35.5. The third-order valence-electron chi connectivity index (χ3n) is 3.13. The fraction of sp³-hybridized carbons (Fsp3) is 0.0625. The SMILES string of the molecule is C=C(NNC(=S)Nc1cc(C(F)(F)F)ccc1Cl)c1c(F)cccc1F. The summed E-state index contributed by atoms with van der Waals surface area (Å²) < 4.78 is 65.5. The summed E-state index contributed by atoms with van der Waals surface area (Å²) in [5, 5.41) is 2.27. The van der Waals surface area contributed by atoms with E-state index in [9.17, 15) is 22.0 Å². The summed E-state index contributed by atoms with van der Waals surface area (Å²) in [6, 6.07) is 5.95. The first-order chi connectivity index (χ1) is 12.1. The number of benzene rings is 2. The van der Waals surface area contributed by atoms with Crippen LogP contribution >= 0.6 is 23.8 Å². The highest BCUT2D eigenvalue weighted by molar-refractivity contribution is 7.80. The first-order valence-electron chi connectivity index (χ1n) is 6.92. The molecule has 138 valence electrons. The van der Waals surface area contributed by atoms with Gasteiger partial charge in [0, 0.05) is 0 Å². The summed E-state index contributed by atoms with van der Waals surface area (Å²) in [6.07, 6.45) is -4.55. The minimum atomic E-state index is -4.55. The number of anilines is 1. The van der Waals surface area contributed by atoms with Crippen molar-refractivity contribution in [3.63, 3.8) is 0 Å². The molecule has 2 aromatic carbocycles. The monoisotopic (exact) mass is 407 g/mol. The number of nitrogens with one attached hydrogen (secondary N) is 3. The highest BCUT2D eigenvalue weighted by Crippen LogP contribution is 2.33. The average Bonchev–Trinajstić information content (AvgIpc) is 2.53. The zero-order valence-electron chi connectivity index (χ0n) is 12.8. The van der Waals surface area contributed by atoms with E-state index in [0.29, 0.717) is 0 Å². The van der Waals surface area contributed by atoms with Gasteiger partial charge in [-0.3, -0.25) is 10.9 Å². The Kier molecular flexibility index (Phi) is 6.04. The van der Waals surface area contributed by atoms with Gasteiger partial charge in [-0.25, -0.2) is 8.78 Å². The molecule has 0 atom stereocenters. The van der Waals surface area contributed by atoms with Crippen LogP contribution in [0.3, 0.4) is 0 Å². The van der Waals surface area contributed by atoms with E-state index in [1.165, 1.54) is 6.07 Å². The van der Waals surface area contributed by atoms with E-state index in [1.807, 2.05) is 0 Å². The van der Waals surface area contributed by atoms with Crippen molar-refractivity contribution in [3.05, 3.63) is 70.8 Å². The Morgan fingerprint density at radius 3 is 2.23 bits per heavy atom. The third-order valence-corrected chi connectivity index (χ3v) is 3.67. The Hall–Kier alpha value is -2.39. The average molecular weight is 408 g/mol. The molecule has 0 unspecified atom stereocenters. The van der Waals surface area contributed by atoms with Crippen molar-refractivity contribution < 1.29 is 22.0 Å². The molecule has 2 aromatic rings. The smallest absolute Gasteiger partial charge is 0.330 e. The zero-order valence-corrected chi connectivity index (χ0v) is 14.4. The predicted octanol–water partition coefficient (Wildman–Crippen LogP) is 5.10. The van der Waals surface area contributed by atoms with E-state index in [4.69, 9.17) is 23.8 Å². The molecule has 0 spiro atoms. The zero-order chi connectivity index (χ0) is 19.5. The fourth-order valence-corrected chi connectivity index (χ4v) is 2.26. The van der Waals surface area contributed by atoms with E-state index in [0.717, 1.165) is 30.3 Å². The molecule has 0 fully saturated rings. The number of hydrazine groups is 1. The molecule has 3 N–H and O–H groups in total. The van der Waals surface area contributed by atoms with Crippen molar-refractivity contribution in [1.29, 1.82) is 0 Å². The molecule has 0 saturated carbocycles. The lowest BCUT2D eigenvalue weighted by molar-refractivity contribution is -0.137. The van der Waals surface area contributed by atoms with Gasteiger partial charge in [0.2, 0.25) is 0 Å². The second kappa shape index (κ2) is 7.88. The van der Waals surface area contributed by atoms with Crippen LogP contribution in [0.5, 0.6) is 0 Å². The summed E-state index contributed by atoms with van der Waals surface area (Å²) in [5.41, 5.74) is 3.16. The molecule has 0 aliphatic carbocycles. The van der Waals surface area contributed by atoms with E-state index in [1.54, 1.807) is 0 Å². The number of rotatable bonds is 4. The maximum atomic E-state index is 13.6. The molecule has 2 rings (SSSR count). The standard InChI is InChI=1S/C16H11ClF5N3S/c1-8(14-11(18)3-2-4-12(14)19)24-25-15(26)23-13-7-9(16(20,21)22)5-6-10(13)17/h2-7,24H,1H2,(H2,23,25,26). The van der Waals surface area contributed by atoms with Gasteiger partial charge in [0.15, 0.2) is 5.11 Å². The van der Waals surface area contributed by atoms with Gasteiger partial charge >= 0.3 is 6.18 Å². The number of hydrogen-bond donors (Lipinski definition) is 3. The highest BCUT2D eigenvalue weighted by Gasteiger charge is 2.31. The molecule has 0 amide bonds. The second-order valence-corrected chi connectivity index (χ2v) is 5.79. The van der Waals surface area contributed by atoms with Crippen LogP contribution in [0.15, 0.2) is 43.0 Å². The molecule has 10 heteroatoms. The van der Waals surface area contributed by atoms with Gasteiger partial charge in [-0.05, 0) is 42.5 Å². The van der Waals surface area contributed by atoms with Crippen LogP contribution in [0.2, 0.25) is 5.02 Å². The van der Waals surface area contributed by atoms with Gasteiger partial charge in [-0.2, -0.15) is 13.2 Å². The normalized spacial score (nSPS) is 11.0. The van der Waals surface area contributed by atoms with E-state index in [-0.39, 0.29) is 21.5 Å². The van der Waals surface area contributed by atoms with Crippen molar-refractivity contribution in [2.45, 2.75) is 6.18 Å². The topological polar surface area (TPSA) is 36.1 Å². The van der Waals surface area contributed by atoms with E-state index in [2.05, 4.69) is 22.7 Å². The number of halogens is 6. The largest absolute Gasteiger partial charge is 0.416 e. The fourth-order valence-electron chi connectivity index (χ4n) is 1.93. The summed E-state index contributed by atoms with van der Waals surface area (Å²) in [5.74, 6) is -1.69. The maximum absolute atomic E-state index is 13.6. The van der Waals surface area contributed by atoms with Gasteiger partial charge in [-0.15, -0.1) is 0 Å². The van der Waals surface area contributed by atoms with Gasteiger partial charge in [0.1, 0.15) is 11.6 Å². The number of thiocarbonyl (C=S) groups is 1. The van der Waals surface area contributed by atoms with Gasteiger partial charge in [-0.1, -0.05) is 24.2 Å². The molecule has 26 heavy (non-hydrogen) atoms. The predicted molar refractivity (Wildman–Crippen MR) is 94.3 cm³/mol. The quantitative estimate of drug-likeness (QED) is 0.374. The first kappa shape index (κ1) is 19.9. The third kappa shape index (κ3) is 4.83. The van der Waals surface area contributed by atoms with Crippen molar-refractivity contribution in [3.8, 4) is 0 Å². The Labute approximate surface area is 155 Å². The Balaban J connectivity index is 2.05. The molecule has 0 aliphatic heterocycles. The lowest BCUT2D eigenvalue weighted by Crippen LogP contribution is -2.39. The van der Waals surface area contributed by atoms with Crippen LogP contribution in [0.1, 0.15) is 11.1 Å². The van der Waals surface area contributed by atoms with E-state index >= 15 is 0 Å². The summed E-state index contributed by atoms with van der Waals surface area (Å²) in [6.45, 7) is 3.47. The van der Waals surface area contributed by atoms with Crippen LogP contribution in [-0.4, -0.2) is 5.11 Å². The van der Waals surface area contributed by atoms with Crippen LogP contribution in [-0.2, 0) is 6.18 Å². The molecule has 3 nitrogen and oxygen atoms in total. The van der Waals surface area contributed by atoms with Gasteiger partial charge in [0.05, 0.1) is 27.5 Å². The molecule has 0 radical (unpaired) electrons. The minimum Gasteiger partial charge on any atom is -0.330 e.